The Labute approximate surface area is 210 Å². The fraction of sp³-hybridized carbons (Fsp3) is 0.462. The van der Waals surface area contributed by atoms with Gasteiger partial charge in [-0.25, -0.2) is 4.98 Å². The van der Waals surface area contributed by atoms with E-state index in [0.717, 1.165) is 34.5 Å². The molecule has 8 nitrogen and oxygen atoms in total. The van der Waals surface area contributed by atoms with Gasteiger partial charge < -0.3 is 15.0 Å². The summed E-state index contributed by atoms with van der Waals surface area (Å²) in [6, 6.07) is 7.13. The first kappa shape index (κ1) is 24.9. The molecule has 0 saturated carbocycles. The lowest BCUT2D eigenvalue weighted by molar-refractivity contribution is -0.141. The second-order valence-electron chi connectivity index (χ2n) is 8.97. The molecule has 186 valence electrons. The number of carbonyl (C=O) groups is 2. The lowest BCUT2D eigenvalue weighted by Gasteiger charge is -2.29. The first-order valence-corrected chi connectivity index (χ1v) is 13.0. The van der Waals surface area contributed by atoms with Crippen molar-refractivity contribution in [2.24, 2.45) is 0 Å². The van der Waals surface area contributed by atoms with Crippen molar-refractivity contribution < 1.29 is 14.3 Å². The van der Waals surface area contributed by atoms with E-state index in [1.807, 2.05) is 38.4 Å². The van der Waals surface area contributed by atoms with Crippen molar-refractivity contribution in [3.05, 3.63) is 53.4 Å². The lowest BCUT2D eigenvalue weighted by atomic mass is 10.0. The normalized spacial score (nSPS) is 17.3. The third-order valence-corrected chi connectivity index (χ3v) is 7.57. The average Bonchev–Trinajstić information content (AvgIpc) is 3.63. The Balaban J connectivity index is 1.43. The van der Waals surface area contributed by atoms with Gasteiger partial charge in [0.2, 0.25) is 11.8 Å². The predicted molar refractivity (Wildman–Crippen MR) is 136 cm³/mol. The zero-order valence-electron chi connectivity index (χ0n) is 20.7. The molecule has 2 aromatic heterocycles. The summed E-state index contributed by atoms with van der Waals surface area (Å²) in [5.41, 5.74) is 5.01. The van der Waals surface area contributed by atoms with Crippen LogP contribution in [0.1, 0.15) is 62.9 Å². The largest absolute Gasteiger partial charge is 0.493 e. The predicted octanol–water partition coefficient (Wildman–Crippen LogP) is 4.53. The number of likely N-dealkylation sites (tertiary alicyclic amines) is 1. The third-order valence-electron chi connectivity index (χ3n) is 6.60. The maximum atomic E-state index is 13.5. The van der Waals surface area contributed by atoms with Crippen LogP contribution in [0.3, 0.4) is 0 Å². The molecule has 1 saturated heterocycles. The van der Waals surface area contributed by atoms with E-state index in [1.165, 1.54) is 0 Å². The van der Waals surface area contributed by atoms with Crippen LogP contribution >= 0.6 is 11.3 Å². The van der Waals surface area contributed by atoms with E-state index in [0.29, 0.717) is 25.1 Å². The number of ether oxygens (including phenoxy) is 1. The minimum absolute atomic E-state index is 0.0628. The van der Waals surface area contributed by atoms with Gasteiger partial charge in [0.15, 0.2) is 5.75 Å². The zero-order chi connectivity index (χ0) is 24.9. The van der Waals surface area contributed by atoms with Crippen LogP contribution in [0, 0.1) is 6.92 Å². The van der Waals surface area contributed by atoms with Crippen molar-refractivity contribution in [1.29, 1.82) is 0 Å². The second kappa shape index (κ2) is 11.0. The standard InChI is InChI=1S/C26H33N5O3S/c1-5-7-23(31-15-21(34-4)14-28-31)26(33)30-13-6-8-22(30)25(32)29-17(2)19-9-11-20(12-10-19)24-18(3)27-16-35-24/h9-12,14-17,22-23H,5-8,13H2,1-4H3,(H,29,32)/t17-,22-,23-/m0/s1. The van der Waals surface area contributed by atoms with Crippen molar-refractivity contribution in [3.63, 3.8) is 0 Å². The van der Waals surface area contributed by atoms with E-state index >= 15 is 0 Å². The Kier molecular flexibility index (Phi) is 7.85. The van der Waals surface area contributed by atoms with Crippen LogP contribution in [0.4, 0.5) is 0 Å². The molecule has 0 bridgehead atoms. The van der Waals surface area contributed by atoms with Gasteiger partial charge in [-0.05, 0) is 44.2 Å². The van der Waals surface area contributed by atoms with E-state index in [2.05, 4.69) is 27.5 Å². The van der Waals surface area contributed by atoms with Gasteiger partial charge in [-0.3, -0.25) is 14.3 Å². The van der Waals surface area contributed by atoms with Crippen LogP contribution in [0.25, 0.3) is 10.4 Å². The molecule has 0 aliphatic carbocycles. The number of rotatable bonds is 9. The minimum atomic E-state index is -0.471. The van der Waals surface area contributed by atoms with E-state index in [9.17, 15) is 9.59 Å². The average molecular weight is 496 g/mol. The van der Waals surface area contributed by atoms with E-state index in [1.54, 1.807) is 40.4 Å². The third kappa shape index (κ3) is 5.40. The minimum Gasteiger partial charge on any atom is -0.493 e. The molecule has 1 aromatic carbocycles. The number of amides is 2. The maximum absolute atomic E-state index is 13.5. The van der Waals surface area contributed by atoms with Crippen LogP contribution in [-0.4, -0.2) is 51.2 Å². The molecule has 3 aromatic rings. The first-order chi connectivity index (χ1) is 16.9. The molecule has 9 heteroatoms. The van der Waals surface area contributed by atoms with Crippen LogP contribution in [0.2, 0.25) is 0 Å². The number of nitrogens with one attached hydrogen (secondary N) is 1. The second-order valence-corrected chi connectivity index (χ2v) is 9.83. The van der Waals surface area contributed by atoms with E-state index < -0.39 is 12.1 Å². The molecule has 1 fully saturated rings. The number of hydrogen-bond acceptors (Lipinski definition) is 6. The van der Waals surface area contributed by atoms with Gasteiger partial charge in [0.05, 0.1) is 41.6 Å². The highest BCUT2D eigenvalue weighted by Gasteiger charge is 2.38. The smallest absolute Gasteiger partial charge is 0.248 e. The molecule has 35 heavy (non-hydrogen) atoms. The number of aryl methyl sites for hydroxylation is 1. The molecule has 1 N–H and O–H groups in total. The number of benzene rings is 1. The van der Waals surface area contributed by atoms with Crippen molar-refractivity contribution in [2.45, 2.75) is 64.6 Å². The van der Waals surface area contributed by atoms with Crippen molar-refractivity contribution in [1.82, 2.24) is 25.0 Å². The van der Waals surface area contributed by atoms with Crippen molar-refractivity contribution >= 4 is 23.2 Å². The number of hydrogen-bond donors (Lipinski definition) is 1. The number of methoxy groups -OCH3 is 1. The summed E-state index contributed by atoms with van der Waals surface area (Å²) < 4.78 is 6.89. The molecule has 3 heterocycles. The maximum Gasteiger partial charge on any atom is 0.248 e. The molecule has 0 unspecified atom stereocenters. The van der Waals surface area contributed by atoms with Crippen LogP contribution < -0.4 is 10.1 Å². The Morgan fingerprint density at radius 1 is 1.29 bits per heavy atom. The molecule has 0 spiro atoms. The summed E-state index contributed by atoms with van der Waals surface area (Å²) in [7, 11) is 1.58. The molecule has 0 radical (unpaired) electrons. The number of carbonyl (C=O) groups excluding carboxylic acids is 2. The molecular weight excluding hydrogens is 462 g/mol. The van der Waals surface area contributed by atoms with Crippen molar-refractivity contribution in [2.75, 3.05) is 13.7 Å². The summed E-state index contributed by atoms with van der Waals surface area (Å²) in [6.07, 6.45) is 6.29. The van der Waals surface area contributed by atoms with Gasteiger partial charge in [0.25, 0.3) is 0 Å². The SMILES string of the molecule is CCC[C@@H](C(=O)N1CCC[C@H]1C(=O)N[C@@H](C)c1ccc(-c2scnc2C)cc1)n1cc(OC)cn1. The van der Waals surface area contributed by atoms with Gasteiger partial charge in [-0.1, -0.05) is 37.6 Å². The van der Waals surface area contributed by atoms with Gasteiger partial charge in [-0.15, -0.1) is 11.3 Å². The lowest BCUT2D eigenvalue weighted by Crippen LogP contribution is -2.48. The number of nitrogens with zero attached hydrogens (tertiary/aromatic N) is 4. The summed E-state index contributed by atoms with van der Waals surface area (Å²) in [5.74, 6) is 0.436. The summed E-state index contributed by atoms with van der Waals surface area (Å²) in [6.45, 7) is 6.60. The van der Waals surface area contributed by atoms with Crippen LogP contribution in [-0.2, 0) is 9.59 Å². The van der Waals surface area contributed by atoms with E-state index in [4.69, 9.17) is 4.74 Å². The Morgan fingerprint density at radius 3 is 2.69 bits per heavy atom. The highest BCUT2D eigenvalue weighted by Crippen LogP contribution is 2.29. The first-order valence-electron chi connectivity index (χ1n) is 12.1. The Morgan fingerprint density at radius 2 is 2.06 bits per heavy atom. The van der Waals surface area contributed by atoms with Gasteiger partial charge >= 0.3 is 0 Å². The Bertz CT molecular complexity index is 1160. The highest BCUT2D eigenvalue weighted by atomic mass is 32.1. The van der Waals surface area contributed by atoms with Gasteiger partial charge in [0, 0.05) is 6.54 Å². The summed E-state index contributed by atoms with van der Waals surface area (Å²) >= 11 is 1.62. The van der Waals surface area contributed by atoms with Crippen LogP contribution in [0.5, 0.6) is 5.75 Å². The fourth-order valence-electron chi connectivity index (χ4n) is 4.63. The molecule has 4 rings (SSSR count). The van der Waals surface area contributed by atoms with Crippen LogP contribution in [0.15, 0.2) is 42.2 Å². The molecule has 1 aliphatic rings. The molecule has 1 aliphatic heterocycles. The van der Waals surface area contributed by atoms with E-state index in [-0.39, 0.29) is 17.9 Å². The number of thiazole rings is 1. The zero-order valence-corrected chi connectivity index (χ0v) is 21.5. The highest BCUT2D eigenvalue weighted by molar-refractivity contribution is 7.13. The monoisotopic (exact) mass is 495 g/mol. The van der Waals surface area contributed by atoms with Crippen molar-refractivity contribution in [3.8, 4) is 16.2 Å². The molecular formula is C26H33N5O3S. The molecule has 3 atom stereocenters. The van der Waals surface area contributed by atoms with Gasteiger partial charge in [-0.2, -0.15) is 5.10 Å². The topological polar surface area (TPSA) is 89.4 Å². The quantitative estimate of drug-likeness (QED) is 0.471. The van der Waals surface area contributed by atoms with Gasteiger partial charge in [0.1, 0.15) is 12.1 Å². The fourth-order valence-corrected chi connectivity index (χ4v) is 5.44. The summed E-state index contributed by atoms with van der Waals surface area (Å²) in [5, 5.41) is 7.46. The summed E-state index contributed by atoms with van der Waals surface area (Å²) in [4.78, 5) is 34.0. The Hall–Kier alpha value is -3.20. The number of aromatic nitrogens is 3. The molecule has 2 amide bonds.